The molecule has 0 aliphatic carbocycles. The van der Waals surface area contributed by atoms with Gasteiger partial charge in [0.25, 0.3) is 0 Å². The third-order valence-corrected chi connectivity index (χ3v) is 3.70. The molecule has 1 rings (SSSR count). The highest BCUT2D eigenvalue weighted by molar-refractivity contribution is 9.09. The fraction of sp³-hybridized carbons (Fsp3) is 0.714. The second-order valence-electron chi connectivity index (χ2n) is 3.42. The van der Waals surface area contributed by atoms with Crippen LogP contribution in [0.1, 0.15) is 13.8 Å². The summed E-state index contributed by atoms with van der Waals surface area (Å²) in [7, 11) is 0. The molecule has 13 heavy (non-hydrogen) atoms. The average Bonchev–Trinajstić information content (AvgIpc) is 2.28. The summed E-state index contributed by atoms with van der Waals surface area (Å²) < 4.78 is 1.44. The summed E-state index contributed by atoms with van der Waals surface area (Å²) in [5, 5.41) is 2.58. The van der Waals surface area contributed by atoms with Crippen LogP contribution in [0, 0.1) is 0 Å². The van der Waals surface area contributed by atoms with Gasteiger partial charge in [-0.25, -0.2) is 0 Å². The van der Waals surface area contributed by atoms with Crippen LogP contribution in [0.15, 0.2) is 0 Å². The molecule has 0 saturated carbocycles. The molecule has 0 aromatic heterocycles. The molecule has 4 nitrogen and oxygen atoms in total. The molecular weight excluding hydrogens is 259 g/mol. The lowest BCUT2D eigenvalue weighted by Crippen LogP contribution is -2.48. The Morgan fingerprint density at radius 1 is 1.69 bits per heavy atom. The van der Waals surface area contributed by atoms with Gasteiger partial charge in [-0.15, -0.1) is 0 Å². The molecule has 2 unspecified atom stereocenters. The molecule has 1 N–H and O–H groups in total. The summed E-state index contributed by atoms with van der Waals surface area (Å²) in [6.07, 6.45) is 0.315. The molecule has 74 valence electrons. The number of aldehydes is 1. The zero-order valence-electron chi connectivity index (χ0n) is 7.25. The predicted octanol–water partition coefficient (Wildman–Crippen LogP) is 0.639. The van der Waals surface area contributed by atoms with Gasteiger partial charge < -0.3 is 0 Å². The summed E-state index contributed by atoms with van der Waals surface area (Å²) >= 11 is 9.14. The van der Waals surface area contributed by atoms with Crippen molar-refractivity contribution in [2.75, 3.05) is 0 Å². The van der Waals surface area contributed by atoms with Crippen LogP contribution in [0.5, 0.6) is 0 Å². The Morgan fingerprint density at radius 3 is 2.54 bits per heavy atom. The van der Waals surface area contributed by atoms with Gasteiger partial charge in [0, 0.05) is 0 Å². The van der Waals surface area contributed by atoms with Crippen molar-refractivity contribution in [3.63, 3.8) is 0 Å². The largest absolute Gasteiger partial charge is 0.295 e. The number of halogens is 2. The van der Waals surface area contributed by atoms with Crippen molar-refractivity contribution in [2.45, 2.75) is 30.5 Å². The first kappa shape index (κ1) is 11.1. The molecule has 0 aromatic rings. The van der Waals surface area contributed by atoms with Gasteiger partial charge in [0.05, 0.1) is 11.6 Å². The Balaban J connectivity index is 2.90. The predicted molar refractivity (Wildman–Crippen MR) is 52.5 cm³/mol. The fourth-order valence-corrected chi connectivity index (χ4v) is 2.27. The van der Waals surface area contributed by atoms with E-state index in [0.29, 0.717) is 6.29 Å². The van der Waals surface area contributed by atoms with Crippen molar-refractivity contribution in [3.05, 3.63) is 0 Å². The van der Waals surface area contributed by atoms with Gasteiger partial charge in [-0.3, -0.25) is 14.9 Å². The maximum Gasteiger partial charge on any atom is 0.214 e. The molecule has 0 amide bonds. The van der Waals surface area contributed by atoms with Gasteiger partial charge in [-0.2, -0.15) is 4.42 Å². The number of rotatable bonds is 2. The number of ketones is 1. The monoisotopic (exact) mass is 268 g/mol. The van der Waals surface area contributed by atoms with E-state index >= 15 is 0 Å². The van der Waals surface area contributed by atoms with Crippen LogP contribution in [0.2, 0.25) is 0 Å². The van der Waals surface area contributed by atoms with Crippen LogP contribution in [0.4, 0.5) is 0 Å². The van der Waals surface area contributed by atoms with Crippen LogP contribution in [0.25, 0.3) is 0 Å². The standard InChI is InChI=1S/C7H10BrClN2O2/c1-7(2)5(4(13)3-12)10-6(8)11(7)9/h3,5-6,10H,1-2H3. The maximum absolute atomic E-state index is 11.2. The van der Waals surface area contributed by atoms with E-state index in [9.17, 15) is 9.59 Å². The zero-order valence-corrected chi connectivity index (χ0v) is 9.59. The van der Waals surface area contributed by atoms with Crippen LogP contribution in [-0.2, 0) is 9.59 Å². The van der Waals surface area contributed by atoms with Crippen molar-refractivity contribution in [1.82, 2.24) is 9.74 Å². The molecule has 1 fully saturated rings. The number of carbonyl (C=O) groups is 2. The van der Waals surface area contributed by atoms with E-state index in [1.165, 1.54) is 4.42 Å². The van der Waals surface area contributed by atoms with E-state index in [4.69, 9.17) is 11.8 Å². The van der Waals surface area contributed by atoms with Crippen molar-refractivity contribution in [2.24, 2.45) is 0 Å². The third-order valence-electron chi connectivity index (χ3n) is 2.16. The summed E-state index contributed by atoms with van der Waals surface area (Å²) in [5.74, 6) is -0.488. The Morgan fingerprint density at radius 2 is 2.23 bits per heavy atom. The Kier molecular flexibility index (Phi) is 3.12. The van der Waals surface area contributed by atoms with E-state index in [1.54, 1.807) is 13.8 Å². The molecule has 0 spiro atoms. The first-order valence-electron chi connectivity index (χ1n) is 3.75. The third kappa shape index (κ3) is 1.79. The number of nitrogens with one attached hydrogen (secondary N) is 1. The van der Waals surface area contributed by atoms with Gasteiger partial charge >= 0.3 is 0 Å². The lowest BCUT2D eigenvalue weighted by atomic mass is 9.94. The van der Waals surface area contributed by atoms with Crippen molar-refractivity contribution in [3.8, 4) is 0 Å². The Bertz CT molecular complexity index is 247. The number of alkyl halides is 1. The highest BCUT2D eigenvalue weighted by Gasteiger charge is 2.48. The van der Waals surface area contributed by atoms with E-state index in [-0.39, 0.29) is 5.08 Å². The van der Waals surface area contributed by atoms with Crippen LogP contribution >= 0.6 is 27.7 Å². The Hall–Kier alpha value is 0.0300. The summed E-state index contributed by atoms with van der Waals surface area (Å²) in [5.41, 5.74) is -0.576. The average molecular weight is 270 g/mol. The molecule has 0 radical (unpaired) electrons. The lowest BCUT2D eigenvalue weighted by Gasteiger charge is -2.28. The van der Waals surface area contributed by atoms with E-state index in [1.807, 2.05) is 0 Å². The quantitative estimate of drug-likeness (QED) is 0.263. The van der Waals surface area contributed by atoms with Crippen LogP contribution in [-0.4, -0.2) is 33.1 Å². The van der Waals surface area contributed by atoms with Gasteiger partial charge in [0.2, 0.25) is 5.78 Å². The zero-order chi connectivity index (χ0) is 10.2. The molecule has 1 saturated heterocycles. The minimum Gasteiger partial charge on any atom is -0.295 e. The van der Waals surface area contributed by atoms with Crippen LogP contribution in [0.3, 0.4) is 0 Å². The highest BCUT2D eigenvalue weighted by atomic mass is 79.9. The molecule has 2 atom stereocenters. The molecule has 0 bridgehead atoms. The number of hydrogen-bond donors (Lipinski definition) is 1. The van der Waals surface area contributed by atoms with E-state index in [2.05, 4.69) is 21.2 Å². The molecule has 1 heterocycles. The Labute approximate surface area is 89.8 Å². The summed E-state index contributed by atoms with van der Waals surface area (Å²) in [6.45, 7) is 3.58. The summed E-state index contributed by atoms with van der Waals surface area (Å²) in [4.78, 5) is 21.5. The first-order chi connectivity index (χ1) is 5.91. The molecule has 1 aliphatic rings. The SMILES string of the molecule is CC1(C)C(C(=O)C=O)NC(Br)N1Cl. The lowest BCUT2D eigenvalue weighted by molar-refractivity contribution is -0.131. The smallest absolute Gasteiger partial charge is 0.214 e. The van der Waals surface area contributed by atoms with Gasteiger partial charge in [-0.05, 0) is 25.6 Å². The van der Waals surface area contributed by atoms with Gasteiger partial charge in [-0.1, -0.05) is 15.9 Å². The normalized spacial score (nSPS) is 33.2. The number of nitrogens with zero attached hydrogens (tertiary/aromatic N) is 1. The fourth-order valence-electron chi connectivity index (χ4n) is 1.32. The highest BCUT2D eigenvalue weighted by Crippen LogP contribution is 2.32. The van der Waals surface area contributed by atoms with Crippen LogP contribution < -0.4 is 5.32 Å². The molecule has 1 aliphatic heterocycles. The minimum absolute atomic E-state index is 0.293. The van der Waals surface area contributed by atoms with Crippen molar-refractivity contribution in [1.29, 1.82) is 0 Å². The first-order valence-corrected chi connectivity index (χ1v) is 5.01. The number of Topliss-reactive ketones (excluding diaryl/α,β-unsaturated/α-hetero) is 1. The second-order valence-corrected chi connectivity index (χ2v) is 4.65. The van der Waals surface area contributed by atoms with E-state index < -0.39 is 17.4 Å². The molecular formula is C7H10BrClN2O2. The number of hydrogen-bond acceptors (Lipinski definition) is 4. The number of carbonyl (C=O) groups excluding carboxylic acids is 2. The molecule has 6 heteroatoms. The van der Waals surface area contributed by atoms with Crippen molar-refractivity contribution < 1.29 is 9.59 Å². The van der Waals surface area contributed by atoms with Gasteiger partial charge in [0.1, 0.15) is 5.08 Å². The van der Waals surface area contributed by atoms with E-state index in [0.717, 1.165) is 0 Å². The van der Waals surface area contributed by atoms with Crippen molar-refractivity contribution >= 4 is 39.8 Å². The maximum atomic E-state index is 11.2. The second kappa shape index (κ2) is 3.65. The minimum atomic E-state index is -0.576. The molecule has 0 aromatic carbocycles. The topological polar surface area (TPSA) is 49.4 Å². The summed E-state index contributed by atoms with van der Waals surface area (Å²) in [6, 6.07) is -0.563. The van der Waals surface area contributed by atoms with Gasteiger partial charge in [0.15, 0.2) is 6.29 Å².